The van der Waals surface area contributed by atoms with Gasteiger partial charge in [0.25, 0.3) is 0 Å². The molecule has 0 aliphatic heterocycles. The number of benzene rings is 2. The van der Waals surface area contributed by atoms with Gasteiger partial charge >= 0.3 is 0 Å². The fourth-order valence-corrected chi connectivity index (χ4v) is 4.00. The second-order valence-electron chi connectivity index (χ2n) is 6.24. The number of hydrogen-bond donors (Lipinski definition) is 1. The average Bonchev–Trinajstić information content (AvgIpc) is 2.68. The summed E-state index contributed by atoms with van der Waals surface area (Å²) in [5.74, 6) is 1.27. The Morgan fingerprint density at radius 2 is 2.00 bits per heavy atom. The number of unbranched alkanes of at least 4 members (excludes halogenated alkanes) is 1. The van der Waals surface area contributed by atoms with Gasteiger partial charge in [-0.15, -0.1) is 0 Å². The molecule has 3 rings (SSSR count). The maximum Gasteiger partial charge on any atom is 0.138 e. The molecule has 0 aliphatic rings. The minimum atomic E-state index is -1.10. The first-order valence-corrected chi connectivity index (χ1v) is 10.4. The van der Waals surface area contributed by atoms with Crippen LogP contribution in [0.4, 0.5) is 4.39 Å². The van der Waals surface area contributed by atoms with E-state index >= 15 is 0 Å². The molecule has 0 spiro atoms. The number of nitrogens with zero attached hydrogens (tertiary/aromatic N) is 1. The summed E-state index contributed by atoms with van der Waals surface area (Å²) in [7, 11) is -1.10. The van der Waals surface area contributed by atoms with Gasteiger partial charge in [-0.2, -0.15) is 0 Å². The van der Waals surface area contributed by atoms with Gasteiger partial charge in [0, 0.05) is 28.3 Å². The highest BCUT2D eigenvalue weighted by Gasteiger charge is 2.10. The first kappa shape index (κ1) is 19.5. The number of rotatable bonds is 8. The Morgan fingerprint density at radius 3 is 2.74 bits per heavy atom. The van der Waals surface area contributed by atoms with Crippen LogP contribution in [-0.2, 0) is 17.2 Å². The predicted octanol–water partition coefficient (Wildman–Crippen LogP) is 4.58. The molecule has 0 bridgehead atoms. The fourth-order valence-electron chi connectivity index (χ4n) is 2.83. The summed E-state index contributed by atoms with van der Waals surface area (Å²) < 4.78 is 32.5. The Morgan fingerprint density at radius 1 is 1.15 bits per heavy atom. The molecule has 1 heterocycles. The first-order valence-electron chi connectivity index (χ1n) is 9.06. The molecule has 1 aromatic heterocycles. The lowest BCUT2D eigenvalue weighted by atomic mass is 10.1. The van der Waals surface area contributed by atoms with Crippen molar-refractivity contribution in [2.75, 3.05) is 12.3 Å². The standard InChI is InChI=1S/C21H23FN2O2S/c1-2-15-5-6-16(13-19(15)22)26-21-9-11-24-20-8-7-17(14-18(20)21)27(25)12-4-3-10-23/h5-9,11,13-14H,2-4,10,12,23H2,1H3. The summed E-state index contributed by atoms with van der Waals surface area (Å²) in [6.07, 6.45) is 3.95. The van der Waals surface area contributed by atoms with Crippen molar-refractivity contribution < 1.29 is 13.3 Å². The van der Waals surface area contributed by atoms with Crippen LogP contribution in [0, 0.1) is 5.82 Å². The SMILES string of the molecule is CCc1ccc(Oc2ccnc3ccc(S(=O)CCCCN)cc23)cc1F. The van der Waals surface area contributed by atoms with Crippen LogP contribution >= 0.6 is 0 Å². The van der Waals surface area contributed by atoms with Crippen LogP contribution in [0.25, 0.3) is 10.9 Å². The molecule has 2 N–H and O–H groups in total. The Bertz CT molecular complexity index is 962. The first-order chi connectivity index (χ1) is 13.1. The lowest BCUT2D eigenvalue weighted by molar-refractivity contribution is 0.480. The molecule has 27 heavy (non-hydrogen) atoms. The van der Waals surface area contributed by atoms with Crippen LogP contribution in [0.1, 0.15) is 25.3 Å². The highest BCUT2D eigenvalue weighted by molar-refractivity contribution is 7.85. The minimum absolute atomic E-state index is 0.282. The van der Waals surface area contributed by atoms with Gasteiger partial charge in [-0.3, -0.25) is 9.19 Å². The zero-order chi connectivity index (χ0) is 19.2. The van der Waals surface area contributed by atoms with E-state index in [-0.39, 0.29) is 5.82 Å². The highest BCUT2D eigenvalue weighted by atomic mass is 32.2. The molecule has 0 amide bonds. The topological polar surface area (TPSA) is 65.2 Å². The molecule has 0 aliphatic carbocycles. The predicted molar refractivity (Wildman–Crippen MR) is 107 cm³/mol. The van der Waals surface area contributed by atoms with E-state index in [1.54, 1.807) is 24.4 Å². The number of ether oxygens (including phenoxy) is 1. The Hall–Kier alpha value is -2.31. The molecule has 1 atom stereocenters. The van der Waals surface area contributed by atoms with Crippen LogP contribution < -0.4 is 10.5 Å². The van der Waals surface area contributed by atoms with Gasteiger partial charge in [0.1, 0.15) is 17.3 Å². The van der Waals surface area contributed by atoms with Crippen molar-refractivity contribution in [3.05, 3.63) is 60.0 Å². The molecule has 142 valence electrons. The molecular weight excluding hydrogens is 363 g/mol. The summed E-state index contributed by atoms with van der Waals surface area (Å²) in [5.41, 5.74) is 6.89. The van der Waals surface area contributed by atoms with Crippen LogP contribution in [0.2, 0.25) is 0 Å². The van der Waals surface area contributed by atoms with Crippen LogP contribution in [0.15, 0.2) is 53.6 Å². The molecule has 1 unspecified atom stereocenters. The normalized spacial score (nSPS) is 12.3. The van der Waals surface area contributed by atoms with Crippen LogP contribution in [0.3, 0.4) is 0 Å². The number of fused-ring (bicyclic) bond motifs is 1. The molecule has 0 saturated heterocycles. The number of aryl methyl sites for hydroxylation is 1. The molecular formula is C21H23FN2O2S. The third-order valence-electron chi connectivity index (χ3n) is 4.35. The van der Waals surface area contributed by atoms with Gasteiger partial charge in [0.15, 0.2) is 0 Å². The lowest BCUT2D eigenvalue weighted by Crippen LogP contribution is -2.03. The van der Waals surface area contributed by atoms with Gasteiger partial charge in [0.2, 0.25) is 0 Å². The van der Waals surface area contributed by atoms with Crippen molar-refractivity contribution in [1.82, 2.24) is 4.98 Å². The van der Waals surface area contributed by atoms with Crippen LogP contribution in [0.5, 0.6) is 11.5 Å². The monoisotopic (exact) mass is 386 g/mol. The molecule has 0 fully saturated rings. The van der Waals surface area contributed by atoms with Crippen molar-refractivity contribution in [1.29, 1.82) is 0 Å². The van der Waals surface area contributed by atoms with E-state index in [0.29, 0.717) is 35.8 Å². The number of aromatic nitrogens is 1. The second kappa shape index (κ2) is 9.06. The Balaban J connectivity index is 1.90. The molecule has 3 aromatic rings. The van der Waals surface area contributed by atoms with Crippen molar-refractivity contribution in [3.8, 4) is 11.5 Å². The third-order valence-corrected chi connectivity index (χ3v) is 5.79. The fraction of sp³-hybridized carbons (Fsp3) is 0.286. The van der Waals surface area contributed by atoms with E-state index in [4.69, 9.17) is 10.5 Å². The van der Waals surface area contributed by atoms with Gasteiger partial charge in [-0.05, 0) is 61.7 Å². The van der Waals surface area contributed by atoms with Crippen molar-refractivity contribution in [3.63, 3.8) is 0 Å². The highest BCUT2D eigenvalue weighted by Crippen LogP contribution is 2.31. The van der Waals surface area contributed by atoms with E-state index in [1.165, 1.54) is 6.07 Å². The molecule has 2 aromatic carbocycles. The van der Waals surface area contributed by atoms with Gasteiger partial charge in [-0.1, -0.05) is 13.0 Å². The van der Waals surface area contributed by atoms with Crippen LogP contribution in [-0.4, -0.2) is 21.5 Å². The van der Waals surface area contributed by atoms with E-state index in [0.717, 1.165) is 28.6 Å². The quantitative estimate of drug-likeness (QED) is 0.576. The maximum atomic E-state index is 14.0. The summed E-state index contributed by atoms with van der Waals surface area (Å²) in [5, 5.41) is 0.752. The molecule has 0 saturated carbocycles. The van der Waals surface area contributed by atoms with Gasteiger partial charge in [0.05, 0.1) is 16.3 Å². The van der Waals surface area contributed by atoms with Crippen molar-refractivity contribution in [2.24, 2.45) is 5.73 Å². The number of nitrogens with two attached hydrogens (primary N) is 1. The molecule has 4 nitrogen and oxygen atoms in total. The summed E-state index contributed by atoms with van der Waals surface area (Å²) in [6, 6.07) is 12.1. The van der Waals surface area contributed by atoms with Crippen molar-refractivity contribution in [2.45, 2.75) is 31.1 Å². The molecule has 6 heteroatoms. The summed E-state index contributed by atoms with van der Waals surface area (Å²) in [4.78, 5) is 5.06. The maximum absolute atomic E-state index is 14.0. The Kier molecular flexibility index (Phi) is 6.53. The Labute approximate surface area is 161 Å². The average molecular weight is 386 g/mol. The van der Waals surface area contributed by atoms with E-state index < -0.39 is 10.8 Å². The van der Waals surface area contributed by atoms with E-state index in [2.05, 4.69) is 4.98 Å². The van der Waals surface area contributed by atoms with Gasteiger partial charge in [-0.25, -0.2) is 4.39 Å². The smallest absolute Gasteiger partial charge is 0.138 e. The number of pyridine rings is 1. The lowest BCUT2D eigenvalue weighted by Gasteiger charge is -2.11. The largest absolute Gasteiger partial charge is 0.456 e. The van der Waals surface area contributed by atoms with Gasteiger partial charge < -0.3 is 10.5 Å². The zero-order valence-electron chi connectivity index (χ0n) is 15.3. The van der Waals surface area contributed by atoms with Crippen molar-refractivity contribution >= 4 is 21.7 Å². The molecule has 0 radical (unpaired) electrons. The van der Waals surface area contributed by atoms with E-state index in [9.17, 15) is 8.60 Å². The second-order valence-corrected chi connectivity index (χ2v) is 7.81. The summed E-state index contributed by atoms with van der Waals surface area (Å²) >= 11 is 0. The summed E-state index contributed by atoms with van der Waals surface area (Å²) in [6.45, 7) is 2.51. The number of halogens is 1. The zero-order valence-corrected chi connectivity index (χ0v) is 16.1. The third kappa shape index (κ3) is 4.70. The number of hydrogen-bond acceptors (Lipinski definition) is 4. The van der Waals surface area contributed by atoms with E-state index in [1.807, 2.05) is 25.1 Å². The minimum Gasteiger partial charge on any atom is -0.456 e.